The van der Waals surface area contributed by atoms with Crippen molar-refractivity contribution in [1.29, 1.82) is 0 Å². The predicted octanol–water partition coefficient (Wildman–Crippen LogP) is 2.57. The minimum Gasteiger partial charge on any atom is -0.335 e. The molecule has 0 aromatic rings. The Balaban J connectivity index is 2.46. The van der Waals surface area contributed by atoms with Crippen molar-refractivity contribution in [2.75, 3.05) is 18.6 Å². The molecule has 1 rings (SSSR count). The van der Waals surface area contributed by atoms with Gasteiger partial charge in [0.1, 0.15) is 0 Å². The third-order valence-electron chi connectivity index (χ3n) is 3.42. The molecule has 1 N–H and O–H groups in total. The number of thioether (sulfide) groups is 1. The number of nitrogens with zero attached hydrogens (tertiary/aromatic N) is 1. The van der Waals surface area contributed by atoms with Gasteiger partial charge in [-0.15, -0.1) is 0 Å². The molecule has 1 fully saturated rings. The van der Waals surface area contributed by atoms with Crippen molar-refractivity contribution in [2.24, 2.45) is 5.92 Å². The van der Waals surface area contributed by atoms with Gasteiger partial charge in [0.15, 0.2) is 0 Å². The third kappa shape index (κ3) is 3.58. The SMILES string of the molecule is CSC[C@H](C)NC(=O)N1CCC[C@@H](C)[C@@H]1C. The number of likely N-dealkylation sites (tertiary alicyclic amines) is 1. The van der Waals surface area contributed by atoms with Gasteiger partial charge in [-0.1, -0.05) is 6.92 Å². The van der Waals surface area contributed by atoms with E-state index in [-0.39, 0.29) is 12.1 Å². The van der Waals surface area contributed by atoms with E-state index in [0.29, 0.717) is 12.0 Å². The first-order valence-electron chi connectivity index (χ1n) is 6.12. The van der Waals surface area contributed by atoms with Crippen molar-refractivity contribution in [3.05, 3.63) is 0 Å². The van der Waals surface area contributed by atoms with Gasteiger partial charge in [0.2, 0.25) is 0 Å². The van der Waals surface area contributed by atoms with Crippen LogP contribution in [0.4, 0.5) is 4.79 Å². The quantitative estimate of drug-likeness (QED) is 0.827. The van der Waals surface area contributed by atoms with Crippen LogP contribution in [0.5, 0.6) is 0 Å². The second-order valence-corrected chi connectivity index (χ2v) is 5.77. The van der Waals surface area contributed by atoms with Crippen molar-refractivity contribution < 1.29 is 4.79 Å². The topological polar surface area (TPSA) is 32.3 Å². The summed E-state index contributed by atoms with van der Waals surface area (Å²) in [5, 5.41) is 3.07. The van der Waals surface area contributed by atoms with E-state index >= 15 is 0 Å². The molecule has 2 amide bonds. The summed E-state index contributed by atoms with van der Waals surface area (Å²) >= 11 is 1.77. The van der Waals surface area contributed by atoms with Crippen LogP contribution in [0, 0.1) is 5.92 Å². The van der Waals surface area contributed by atoms with Gasteiger partial charge in [-0.05, 0) is 38.9 Å². The fourth-order valence-electron chi connectivity index (χ4n) is 2.21. The van der Waals surface area contributed by atoms with Gasteiger partial charge in [0.25, 0.3) is 0 Å². The minimum atomic E-state index is 0.112. The van der Waals surface area contributed by atoms with Crippen LogP contribution in [0.2, 0.25) is 0 Å². The van der Waals surface area contributed by atoms with E-state index in [4.69, 9.17) is 0 Å². The molecule has 0 saturated carbocycles. The van der Waals surface area contributed by atoms with Crippen LogP contribution in [0.3, 0.4) is 0 Å². The zero-order valence-corrected chi connectivity index (χ0v) is 11.6. The summed E-state index contributed by atoms with van der Waals surface area (Å²) in [6.45, 7) is 7.36. The van der Waals surface area contributed by atoms with E-state index in [2.05, 4.69) is 32.3 Å². The van der Waals surface area contributed by atoms with Gasteiger partial charge in [-0.2, -0.15) is 11.8 Å². The highest BCUT2D eigenvalue weighted by molar-refractivity contribution is 7.98. The van der Waals surface area contributed by atoms with Gasteiger partial charge in [0.05, 0.1) is 0 Å². The molecule has 3 atom stereocenters. The molecule has 3 nitrogen and oxygen atoms in total. The molecule has 0 radical (unpaired) electrons. The average molecular weight is 244 g/mol. The summed E-state index contributed by atoms with van der Waals surface area (Å²) in [7, 11) is 0. The highest BCUT2D eigenvalue weighted by Gasteiger charge is 2.28. The van der Waals surface area contributed by atoms with Crippen molar-refractivity contribution in [3.63, 3.8) is 0 Å². The molecule has 1 aliphatic heterocycles. The first-order chi connectivity index (χ1) is 7.56. The molecular weight excluding hydrogens is 220 g/mol. The molecule has 16 heavy (non-hydrogen) atoms. The van der Waals surface area contributed by atoms with E-state index < -0.39 is 0 Å². The number of carbonyl (C=O) groups is 1. The van der Waals surface area contributed by atoms with Gasteiger partial charge in [-0.3, -0.25) is 0 Å². The summed E-state index contributed by atoms with van der Waals surface area (Å²) in [4.78, 5) is 14.0. The van der Waals surface area contributed by atoms with E-state index in [1.54, 1.807) is 11.8 Å². The molecule has 1 saturated heterocycles. The van der Waals surface area contributed by atoms with Crippen LogP contribution in [0.1, 0.15) is 33.6 Å². The van der Waals surface area contributed by atoms with Gasteiger partial charge < -0.3 is 10.2 Å². The molecular formula is C12H24N2OS. The van der Waals surface area contributed by atoms with Crippen molar-refractivity contribution in [1.82, 2.24) is 10.2 Å². The molecule has 4 heteroatoms. The summed E-state index contributed by atoms with van der Waals surface area (Å²) in [6.07, 6.45) is 4.44. The summed E-state index contributed by atoms with van der Waals surface area (Å²) in [5.41, 5.74) is 0. The molecule has 0 aliphatic carbocycles. The van der Waals surface area contributed by atoms with E-state index in [0.717, 1.165) is 18.7 Å². The number of carbonyl (C=O) groups excluding carboxylic acids is 1. The molecule has 0 bridgehead atoms. The van der Waals surface area contributed by atoms with Crippen molar-refractivity contribution >= 4 is 17.8 Å². The fraction of sp³-hybridized carbons (Fsp3) is 0.917. The molecule has 0 aromatic heterocycles. The predicted molar refractivity (Wildman–Crippen MR) is 70.9 cm³/mol. The fourth-order valence-corrected chi connectivity index (χ4v) is 2.79. The maximum Gasteiger partial charge on any atom is 0.317 e. The lowest BCUT2D eigenvalue weighted by molar-refractivity contribution is 0.127. The second-order valence-electron chi connectivity index (χ2n) is 4.86. The molecule has 1 heterocycles. The van der Waals surface area contributed by atoms with Crippen LogP contribution in [0.15, 0.2) is 0 Å². The van der Waals surface area contributed by atoms with Crippen LogP contribution in [-0.4, -0.2) is 41.6 Å². The summed E-state index contributed by atoms with van der Waals surface area (Å²) < 4.78 is 0. The Hall–Kier alpha value is -0.380. The molecule has 0 spiro atoms. The summed E-state index contributed by atoms with van der Waals surface area (Å²) in [5.74, 6) is 1.60. The monoisotopic (exact) mass is 244 g/mol. The van der Waals surface area contributed by atoms with Gasteiger partial charge in [0, 0.05) is 24.4 Å². The standard InChI is InChI=1S/C12H24N2OS/c1-9-6-5-7-14(11(9)3)12(15)13-10(2)8-16-4/h9-11H,5-8H2,1-4H3,(H,13,15)/t9-,10+,11+/m1/s1. The Kier molecular flexibility index (Phi) is 5.46. The highest BCUT2D eigenvalue weighted by atomic mass is 32.2. The van der Waals surface area contributed by atoms with E-state index in [9.17, 15) is 4.79 Å². The Morgan fingerprint density at radius 2 is 2.25 bits per heavy atom. The van der Waals surface area contributed by atoms with Crippen LogP contribution < -0.4 is 5.32 Å². The zero-order valence-electron chi connectivity index (χ0n) is 10.8. The molecule has 94 valence electrons. The molecule has 0 unspecified atom stereocenters. The largest absolute Gasteiger partial charge is 0.335 e. The number of piperidine rings is 1. The normalized spacial score (nSPS) is 27.6. The Morgan fingerprint density at radius 1 is 1.56 bits per heavy atom. The number of rotatable bonds is 3. The van der Waals surface area contributed by atoms with Gasteiger partial charge >= 0.3 is 6.03 Å². The first kappa shape index (κ1) is 13.7. The van der Waals surface area contributed by atoms with Gasteiger partial charge in [-0.25, -0.2) is 4.79 Å². The smallest absolute Gasteiger partial charge is 0.317 e. The maximum atomic E-state index is 12.0. The minimum absolute atomic E-state index is 0.112. The van der Waals surface area contributed by atoms with Crippen LogP contribution in [-0.2, 0) is 0 Å². The average Bonchev–Trinajstić information content (AvgIpc) is 2.22. The Morgan fingerprint density at radius 3 is 2.88 bits per heavy atom. The molecule has 1 aliphatic rings. The Labute approximate surface area is 103 Å². The number of nitrogens with one attached hydrogen (secondary N) is 1. The lowest BCUT2D eigenvalue weighted by atomic mass is 9.92. The van der Waals surface area contributed by atoms with Crippen LogP contribution >= 0.6 is 11.8 Å². The lowest BCUT2D eigenvalue weighted by Gasteiger charge is -2.38. The Bertz CT molecular complexity index is 235. The molecule has 0 aromatic carbocycles. The third-order valence-corrected chi connectivity index (χ3v) is 4.25. The zero-order chi connectivity index (χ0) is 12.1. The lowest BCUT2D eigenvalue weighted by Crippen LogP contribution is -2.52. The van der Waals surface area contributed by atoms with Crippen LogP contribution in [0.25, 0.3) is 0 Å². The number of urea groups is 1. The second kappa shape index (κ2) is 6.38. The van der Waals surface area contributed by atoms with E-state index in [1.807, 2.05) is 4.90 Å². The first-order valence-corrected chi connectivity index (χ1v) is 7.51. The van der Waals surface area contributed by atoms with E-state index in [1.165, 1.54) is 6.42 Å². The van der Waals surface area contributed by atoms with Crippen molar-refractivity contribution in [2.45, 2.75) is 45.7 Å². The number of hydrogen-bond donors (Lipinski definition) is 1. The summed E-state index contributed by atoms with van der Waals surface area (Å²) in [6, 6.07) is 0.739. The van der Waals surface area contributed by atoms with Crippen molar-refractivity contribution in [3.8, 4) is 0 Å². The highest BCUT2D eigenvalue weighted by Crippen LogP contribution is 2.22. The number of amides is 2. The maximum absolute atomic E-state index is 12.0. The number of hydrogen-bond acceptors (Lipinski definition) is 2.